The van der Waals surface area contributed by atoms with Gasteiger partial charge in [0.05, 0.1) is 13.2 Å². The van der Waals surface area contributed by atoms with E-state index in [-0.39, 0.29) is 19.0 Å². The minimum absolute atomic E-state index is 0.142. The van der Waals surface area contributed by atoms with Gasteiger partial charge in [0.25, 0.3) is 0 Å². The van der Waals surface area contributed by atoms with E-state index >= 15 is 0 Å². The number of methoxy groups -OCH3 is 1. The molecule has 0 aromatic heterocycles. The molecule has 0 amide bonds. The molecule has 0 heterocycles. The molecule has 0 fully saturated rings. The maximum absolute atomic E-state index is 14.1. The van der Waals surface area contributed by atoms with E-state index in [1.54, 1.807) is 19.9 Å². The van der Waals surface area contributed by atoms with E-state index in [0.29, 0.717) is 16.1 Å². The highest BCUT2D eigenvalue weighted by Gasteiger charge is 2.25. The highest BCUT2D eigenvalue weighted by atomic mass is 35.5. The zero-order valence-corrected chi connectivity index (χ0v) is 10.4. The SMILES string of the molecule is COCc1cc(Cl)cc(C(C)(C)CO)c1F. The van der Waals surface area contributed by atoms with Gasteiger partial charge in [0.1, 0.15) is 5.82 Å². The summed E-state index contributed by atoms with van der Waals surface area (Å²) in [7, 11) is 1.50. The number of benzene rings is 1. The highest BCUT2D eigenvalue weighted by Crippen LogP contribution is 2.30. The molecule has 0 bridgehead atoms. The van der Waals surface area contributed by atoms with Crippen molar-refractivity contribution in [3.05, 3.63) is 34.1 Å². The Morgan fingerprint density at radius 2 is 2.06 bits per heavy atom. The maximum Gasteiger partial charge on any atom is 0.132 e. The fourth-order valence-electron chi connectivity index (χ4n) is 1.48. The van der Waals surface area contributed by atoms with Gasteiger partial charge in [0, 0.05) is 23.1 Å². The number of hydrogen-bond acceptors (Lipinski definition) is 2. The number of rotatable bonds is 4. The monoisotopic (exact) mass is 246 g/mol. The molecule has 0 saturated carbocycles. The Hall–Kier alpha value is -0.640. The molecule has 0 saturated heterocycles. The number of hydrogen-bond donors (Lipinski definition) is 1. The van der Waals surface area contributed by atoms with Gasteiger partial charge >= 0.3 is 0 Å². The Bertz CT molecular complexity index is 378. The third-order valence-corrected chi connectivity index (χ3v) is 2.76. The van der Waals surface area contributed by atoms with Gasteiger partial charge < -0.3 is 9.84 Å². The third kappa shape index (κ3) is 2.73. The zero-order valence-electron chi connectivity index (χ0n) is 9.68. The summed E-state index contributed by atoms with van der Waals surface area (Å²) in [5.41, 5.74) is 0.165. The minimum atomic E-state index is -0.655. The average Bonchev–Trinajstić information content (AvgIpc) is 2.23. The Balaban J connectivity index is 3.29. The largest absolute Gasteiger partial charge is 0.395 e. The third-order valence-electron chi connectivity index (χ3n) is 2.54. The topological polar surface area (TPSA) is 29.5 Å². The van der Waals surface area contributed by atoms with Crippen molar-refractivity contribution in [3.8, 4) is 0 Å². The van der Waals surface area contributed by atoms with Crippen LogP contribution in [0.1, 0.15) is 25.0 Å². The molecule has 0 aliphatic carbocycles. The van der Waals surface area contributed by atoms with E-state index in [0.717, 1.165) is 0 Å². The molecule has 0 atom stereocenters. The molecule has 0 aliphatic rings. The quantitative estimate of drug-likeness (QED) is 0.885. The highest BCUT2D eigenvalue weighted by molar-refractivity contribution is 6.30. The molecule has 2 nitrogen and oxygen atoms in total. The van der Waals surface area contributed by atoms with Crippen LogP contribution in [0.15, 0.2) is 12.1 Å². The van der Waals surface area contributed by atoms with Gasteiger partial charge in [0.15, 0.2) is 0 Å². The van der Waals surface area contributed by atoms with E-state index < -0.39 is 5.41 Å². The van der Waals surface area contributed by atoms with Gasteiger partial charge in [-0.3, -0.25) is 0 Å². The molecule has 0 aliphatic heterocycles. The van der Waals surface area contributed by atoms with Crippen LogP contribution in [0.4, 0.5) is 4.39 Å². The standard InChI is InChI=1S/C12H16ClFO2/c1-12(2,7-15)10-5-9(13)4-8(6-16-3)11(10)14/h4-5,15H,6-7H2,1-3H3. The molecule has 1 aromatic rings. The lowest BCUT2D eigenvalue weighted by Gasteiger charge is -2.24. The van der Waals surface area contributed by atoms with E-state index in [1.165, 1.54) is 13.2 Å². The van der Waals surface area contributed by atoms with Gasteiger partial charge in [-0.1, -0.05) is 25.4 Å². The van der Waals surface area contributed by atoms with Crippen molar-refractivity contribution in [3.63, 3.8) is 0 Å². The number of halogens is 2. The normalized spacial score (nSPS) is 11.9. The molecule has 0 spiro atoms. The summed E-state index contributed by atoms with van der Waals surface area (Å²) in [4.78, 5) is 0. The molecule has 90 valence electrons. The second-order valence-electron chi connectivity index (χ2n) is 4.40. The van der Waals surface area contributed by atoms with Gasteiger partial charge in [-0.25, -0.2) is 4.39 Å². The summed E-state index contributed by atoms with van der Waals surface area (Å²) in [5, 5.41) is 9.69. The van der Waals surface area contributed by atoms with E-state index in [1.807, 2.05) is 0 Å². The van der Waals surface area contributed by atoms with Crippen molar-refractivity contribution in [2.45, 2.75) is 25.9 Å². The Morgan fingerprint density at radius 3 is 2.56 bits per heavy atom. The molecule has 4 heteroatoms. The summed E-state index contributed by atoms with van der Waals surface area (Å²) in [6, 6.07) is 3.09. The van der Waals surface area contributed by atoms with Crippen molar-refractivity contribution in [2.75, 3.05) is 13.7 Å². The molecule has 16 heavy (non-hydrogen) atoms. The molecule has 1 aromatic carbocycles. The lowest BCUT2D eigenvalue weighted by Crippen LogP contribution is -2.24. The van der Waals surface area contributed by atoms with Crippen LogP contribution in [0.5, 0.6) is 0 Å². The summed E-state index contributed by atoms with van der Waals surface area (Å²) in [6.07, 6.45) is 0. The summed E-state index contributed by atoms with van der Waals surface area (Å²) in [5.74, 6) is -0.356. The molecular formula is C12H16ClFO2. The van der Waals surface area contributed by atoms with Crippen molar-refractivity contribution in [1.82, 2.24) is 0 Å². The second-order valence-corrected chi connectivity index (χ2v) is 4.84. The summed E-state index contributed by atoms with van der Waals surface area (Å²) < 4.78 is 19.0. The fraction of sp³-hybridized carbons (Fsp3) is 0.500. The number of aliphatic hydroxyl groups is 1. The second kappa shape index (κ2) is 5.13. The summed E-state index contributed by atoms with van der Waals surface area (Å²) >= 11 is 5.92. The smallest absolute Gasteiger partial charge is 0.132 e. The molecule has 1 rings (SSSR count). The van der Waals surface area contributed by atoms with Gasteiger partial charge in [-0.2, -0.15) is 0 Å². The minimum Gasteiger partial charge on any atom is -0.395 e. The van der Waals surface area contributed by atoms with Crippen LogP contribution >= 0.6 is 11.6 Å². The first-order valence-electron chi connectivity index (χ1n) is 5.00. The maximum atomic E-state index is 14.1. The van der Waals surface area contributed by atoms with Crippen molar-refractivity contribution >= 4 is 11.6 Å². The van der Waals surface area contributed by atoms with E-state index in [9.17, 15) is 9.50 Å². The van der Waals surface area contributed by atoms with E-state index in [2.05, 4.69) is 0 Å². The Kier molecular flexibility index (Phi) is 4.30. The molecule has 1 N–H and O–H groups in total. The van der Waals surface area contributed by atoms with Crippen molar-refractivity contribution in [2.24, 2.45) is 0 Å². The Morgan fingerprint density at radius 1 is 1.44 bits per heavy atom. The van der Waals surface area contributed by atoms with Crippen LogP contribution in [0, 0.1) is 5.82 Å². The van der Waals surface area contributed by atoms with Crippen LogP contribution in [0.25, 0.3) is 0 Å². The predicted molar refractivity (Wildman–Crippen MR) is 62.2 cm³/mol. The van der Waals surface area contributed by atoms with Crippen LogP contribution in [0.3, 0.4) is 0 Å². The average molecular weight is 247 g/mol. The van der Waals surface area contributed by atoms with Crippen LogP contribution in [0.2, 0.25) is 5.02 Å². The van der Waals surface area contributed by atoms with Crippen molar-refractivity contribution in [1.29, 1.82) is 0 Å². The summed E-state index contributed by atoms with van der Waals surface area (Å²) in [6.45, 7) is 3.55. The first-order chi connectivity index (χ1) is 7.42. The number of ether oxygens (including phenoxy) is 1. The molecule has 0 radical (unpaired) electrons. The van der Waals surface area contributed by atoms with Crippen LogP contribution < -0.4 is 0 Å². The predicted octanol–water partition coefficient (Wildman–Crippen LogP) is 2.90. The molecule has 0 unspecified atom stereocenters. The van der Waals surface area contributed by atoms with Gasteiger partial charge in [0.2, 0.25) is 0 Å². The molecular weight excluding hydrogens is 231 g/mol. The van der Waals surface area contributed by atoms with E-state index in [4.69, 9.17) is 16.3 Å². The Labute approximate surface area is 100.0 Å². The van der Waals surface area contributed by atoms with Crippen molar-refractivity contribution < 1.29 is 14.2 Å². The van der Waals surface area contributed by atoms with Crippen LogP contribution in [-0.2, 0) is 16.8 Å². The number of aliphatic hydroxyl groups excluding tert-OH is 1. The van der Waals surface area contributed by atoms with Gasteiger partial charge in [-0.05, 0) is 17.7 Å². The zero-order chi connectivity index (χ0) is 12.3. The van der Waals surface area contributed by atoms with Crippen LogP contribution in [-0.4, -0.2) is 18.8 Å². The lowest BCUT2D eigenvalue weighted by molar-refractivity contribution is 0.179. The van der Waals surface area contributed by atoms with Gasteiger partial charge in [-0.15, -0.1) is 0 Å². The first-order valence-corrected chi connectivity index (χ1v) is 5.38. The lowest BCUT2D eigenvalue weighted by atomic mass is 9.84. The fourth-order valence-corrected chi connectivity index (χ4v) is 1.72. The first kappa shape index (κ1) is 13.4.